The molecule has 0 aliphatic rings. The number of nitrogens with one attached hydrogen (secondary N) is 1. The van der Waals surface area contributed by atoms with Crippen LogP contribution in [-0.2, 0) is 12.8 Å². The maximum atomic E-state index is 4.66. The number of aromatic nitrogens is 4. The molecule has 108 valence electrons. The summed E-state index contributed by atoms with van der Waals surface area (Å²) in [6.07, 6.45) is 3.47. The molecule has 2 heterocycles. The number of hydrogen-bond acceptors (Lipinski definition) is 4. The minimum absolute atomic E-state index is 0.848. The maximum Gasteiger partial charge on any atom is 0.162 e. The first-order valence-electron chi connectivity index (χ1n) is 7.27. The Kier molecular flexibility index (Phi) is 4.37. The largest absolute Gasteiger partial charge is 0.370 e. The number of nitrogens with zero attached hydrogens (tertiary/aromatic N) is 4. The summed E-state index contributed by atoms with van der Waals surface area (Å²) in [6.45, 7) is 11.4. The molecule has 2 aromatic heterocycles. The summed E-state index contributed by atoms with van der Waals surface area (Å²) in [5.41, 5.74) is 4.66. The predicted octanol–water partition coefficient (Wildman–Crippen LogP) is 2.84. The van der Waals surface area contributed by atoms with Crippen molar-refractivity contribution in [3.8, 4) is 5.82 Å². The molecule has 5 heteroatoms. The van der Waals surface area contributed by atoms with Gasteiger partial charge in [-0.05, 0) is 39.2 Å². The van der Waals surface area contributed by atoms with Gasteiger partial charge in [0.1, 0.15) is 12.1 Å². The van der Waals surface area contributed by atoms with Crippen molar-refractivity contribution in [2.24, 2.45) is 0 Å². The van der Waals surface area contributed by atoms with Gasteiger partial charge in [0.25, 0.3) is 0 Å². The second kappa shape index (κ2) is 6.03. The summed E-state index contributed by atoms with van der Waals surface area (Å²) >= 11 is 0. The zero-order chi connectivity index (χ0) is 14.7. The third-order valence-electron chi connectivity index (χ3n) is 3.62. The van der Waals surface area contributed by atoms with E-state index < -0.39 is 0 Å². The average molecular weight is 273 g/mol. The second-order valence-corrected chi connectivity index (χ2v) is 4.82. The van der Waals surface area contributed by atoms with Crippen LogP contribution in [0, 0.1) is 13.8 Å². The molecule has 0 aromatic carbocycles. The molecule has 0 unspecified atom stereocenters. The fourth-order valence-electron chi connectivity index (χ4n) is 2.62. The average Bonchev–Trinajstić information content (AvgIpc) is 2.73. The highest BCUT2D eigenvalue weighted by Gasteiger charge is 2.16. The van der Waals surface area contributed by atoms with Crippen molar-refractivity contribution in [1.29, 1.82) is 0 Å². The summed E-state index contributed by atoms with van der Waals surface area (Å²) in [6, 6.07) is 0. The van der Waals surface area contributed by atoms with Crippen LogP contribution < -0.4 is 5.32 Å². The van der Waals surface area contributed by atoms with E-state index in [-0.39, 0.29) is 0 Å². The zero-order valence-electron chi connectivity index (χ0n) is 13.0. The van der Waals surface area contributed by atoms with Gasteiger partial charge in [-0.25, -0.2) is 14.6 Å². The Morgan fingerprint density at radius 2 is 1.75 bits per heavy atom. The Morgan fingerprint density at radius 1 is 1.05 bits per heavy atom. The molecule has 0 amide bonds. The van der Waals surface area contributed by atoms with Crippen molar-refractivity contribution in [3.63, 3.8) is 0 Å². The van der Waals surface area contributed by atoms with E-state index in [4.69, 9.17) is 0 Å². The Hall–Kier alpha value is -1.91. The predicted molar refractivity (Wildman–Crippen MR) is 81.5 cm³/mol. The lowest BCUT2D eigenvalue weighted by atomic mass is 10.1. The van der Waals surface area contributed by atoms with Gasteiger partial charge in [0.15, 0.2) is 5.82 Å². The van der Waals surface area contributed by atoms with Gasteiger partial charge in [0.05, 0.1) is 5.69 Å². The van der Waals surface area contributed by atoms with Crippen LogP contribution in [0.25, 0.3) is 5.82 Å². The lowest BCUT2D eigenvalue weighted by Gasteiger charge is -2.13. The molecule has 0 atom stereocenters. The third kappa shape index (κ3) is 2.40. The fraction of sp³-hybridized carbons (Fsp3) is 0.533. The van der Waals surface area contributed by atoms with Crippen LogP contribution in [0.4, 0.5) is 5.82 Å². The smallest absolute Gasteiger partial charge is 0.162 e. The Balaban J connectivity index is 2.60. The molecule has 2 aromatic rings. The number of anilines is 1. The van der Waals surface area contributed by atoms with Crippen LogP contribution in [0.5, 0.6) is 0 Å². The van der Waals surface area contributed by atoms with Crippen LogP contribution in [0.1, 0.15) is 43.3 Å². The van der Waals surface area contributed by atoms with Crippen LogP contribution in [-0.4, -0.2) is 26.3 Å². The van der Waals surface area contributed by atoms with E-state index in [9.17, 15) is 0 Å². The minimum Gasteiger partial charge on any atom is -0.370 e. The van der Waals surface area contributed by atoms with Gasteiger partial charge in [-0.15, -0.1) is 0 Å². The van der Waals surface area contributed by atoms with Gasteiger partial charge in [-0.2, -0.15) is 5.10 Å². The van der Waals surface area contributed by atoms with Gasteiger partial charge in [-0.1, -0.05) is 13.8 Å². The third-order valence-corrected chi connectivity index (χ3v) is 3.62. The highest BCUT2D eigenvalue weighted by Crippen LogP contribution is 2.23. The lowest BCUT2D eigenvalue weighted by Crippen LogP contribution is -2.11. The van der Waals surface area contributed by atoms with Gasteiger partial charge in [-0.3, -0.25) is 0 Å². The summed E-state index contributed by atoms with van der Waals surface area (Å²) in [5.74, 6) is 1.80. The summed E-state index contributed by atoms with van der Waals surface area (Å²) in [7, 11) is 0. The van der Waals surface area contributed by atoms with Crippen molar-refractivity contribution in [2.45, 2.75) is 47.5 Å². The van der Waals surface area contributed by atoms with E-state index in [2.05, 4.69) is 55.0 Å². The van der Waals surface area contributed by atoms with Crippen molar-refractivity contribution in [1.82, 2.24) is 19.7 Å². The van der Waals surface area contributed by atoms with E-state index in [1.807, 2.05) is 4.68 Å². The molecule has 0 bridgehead atoms. The molecule has 20 heavy (non-hydrogen) atoms. The topological polar surface area (TPSA) is 55.6 Å². The Bertz CT molecular complexity index is 601. The quantitative estimate of drug-likeness (QED) is 0.910. The standard InChI is InChI=1S/C15H23N5/c1-6-12-10(4)19-20(11(12)5)15-13(7-2)14(16-8-3)17-9-18-15/h9H,6-8H2,1-5H3,(H,16,17,18). The molecule has 0 fully saturated rings. The normalized spacial score (nSPS) is 10.8. The first-order valence-corrected chi connectivity index (χ1v) is 7.27. The van der Waals surface area contributed by atoms with Crippen LogP contribution >= 0.6 is 0 Å². The summed E-state index contributed by atoms with van der Waals surface area (Å²) in [5, 5.41) is 7.96. The molecule has 0 spiro atoms. The molecule has 1 N–H and O–H groups in total. The molecular formula is C15H23N5. The van der Waals surface area contributed by atoms with E-state index >= 15 is 0 Å². The zero-order valence-corrected chi connectivity index (χ0v) is 13.0. The molecule has 5 nitrogen and oxygen atoms in total. The van der Waals surface area contributed by atoms with Crippen molar-refractivity contribution in [3.05, 3.63) is 28.8 Å². The van der Waals surface area contributed by atoms with Crippen molar-refractivity contribution >= 4 is 5.82 Å². The van der Waals surface area contributed by atoms with Crippen LogP contribution in [0.2, 0.25) is 0 Å². The van der Waals surface area contributed by atoms with Crippen molar-refractivity contribution < 1.29 is 0 Å². The molecule has 0 radical (unpaired) electrons. The van der Waals surface area contributed by atoms with Crippen molar-refractivity contribution in [2.75, 3.05) is 11.9 Å². The first kappa shape index (κ1) is 14.5. The number of aryl methyl sites for hydroxylation is 1. The Labute approximate surface area is 120 Å². The number of hydrogen-bond donors (Lipinski definition) is 1. The molecule has 0 saturated carbocycles. The van der Waals surface area contributed by atoms with Gasteiger partial charge < -0.3 is 5.32 Å². The Morgan fingerprint density at radius 3 is 2.30 bits per heavy atom. The summed E-state index contributed by atoms with van der Waals surface area (Å²) < 4.78 is 1.95. The van der Waals surface area contributed by atoms with Gasteiger partial charge >= 0.3 is 0 Å². The fourth-order valence-corrected chi connectivity index (χ4v) is 2.62. The van der Waals surface area contributed by atoms with E-state index in [1.165, 1.54) is 11.3 Å². The SMILES string of the molecule is CCNc1ncnc(-n2nc(C)c(CC)c2C)c1CC. The van der Waals surface area contributed by atoms with E-state index in [0.717, 1.165) is 42.3 Å². The van der Waals surface area contributed by atoms with Gasteiger partial charge in [0, 0.05) is 17.8 Å². The molecular weight excluding hydrogens is 250 g/mol. The molecule has 2 rings (SSSR count). The van der Waals surface area contributed by atoms with Crippen LogP contribution in [0.15, 0.2) is 6.33 Å². The van der Waals surface area contributed by atoms with Gasteiger partial charge in [0.2, 0.25) is 0 Å². The molecule has 0 aliphatic carbocycles. The highest BCUT2D eigenvalue weighted by atomic mass is 15.3. The van der Waals surface area contributed by atoms with Crippen LogP contribution in [0.3, 0.4) is 0 Å². The first-order chi connectivity index (χ1) is 9.63. The lowest BCUT2D eigenvalue weighted by molar-refractivity contribution is 0.783. The minimum atomic E-state index is 0.848. The monoisotopic (exact) mass is 273 g/mol. The van der Waals surface area contributed by atoms with E-state index in [1.54, 1.807) is 6.33 Å². The van der Waals surface area contributed by atoms with E-state index in [0.29, 0.717) is 0 Å². The second-order valence-electron chi connectivity index (χ2n) is 4.82. The molecule has 0 aliphatic heterocycles. The highest BCUT2D eigenvalue weighted by molar-refractivity contribution is 5.52. The summed E-state index contributed by atoms with van der Waals surface area (Å²) in [4.78, 5) is 8.80. The maximum absolute atomic E-state index is 4.66. The number of rotatable bonds is 5. The molecule has 0 saturated heterocycles.